The van der Waals surface area contributed by atoms with Crippen LogP contribution in [-0.2, 0) is 10.0 Å². The van der Waals surface area contributed by atoms with Crippen molar-refractivity contribution in [1.82, 2.24) is 39.0 Å². The van der Waals surface area contributed by atoms with Gasteiger partial charge in [-0.2, -0.15) is 0 Å². The maximum atomic E-state index is 13.7. The van der Waals surface area contributed by atoms with Crippen molar-refractivity contribution < 1.29 is 26.4 Å². The van der Waals surface area contributed by atoms with Crippen molar-refractivity contribution in [3.63, 3.8) is 0 Å². The van der Waals surface area contributed by atoms with Gasteiger partial charge in [0.1, 0.15) is 11.6 Å². The maximum Gasteiger partial charge on any atom is 0.320 e. The highest BCUT2D eigenvalue weighted by atomic mass is 32.2. The van der Waals surface area contributed by atoms with Gasteiger partial charge in [-0.15, -0.1) is 10.2 Å². The quantitative estimate of drug-likeness (QED) is 0.354. The first-order valence-electron chi connectivity index (χ1n) is 14.6. The summed E-state index contributed by atoms with van der Waals surface area (Å²) in [6.45, 7) is 7.48. The number of halogens is 3. The molecule has 2 saturated heterocycles. The van der Waals surface area contributed by atoms with Gasteiger partial charge in [0, 0.05) is 51.5 Å². The van der Waals surface area contributed by atoms with E-state index in [-0.39, 0.29) is 33.8 Å². The van der Waals surface area contributed by atoms with Crippen molar-refractivity contribution in [1.29, 1.82) is 0 Å². The van der Waals surface area contributed by atoms with Gasteiger partial charge < -0.3 is 19.6 Å². The second kappa shape index (κ2) is 11.7. The molecule has 0 radical (unpaired) electrons. The molecule has 240 valence electrons. The second-order valence-corrected chi connectivity index (χ2v) is 14.8. The molecule has 0 bridgehead atoms. The lowest BCUT2D eigenvalue weighted by molar-refractivity contribution is 0.104. The smallest absolute Gasteiger partial charge is 0.320 e. The maximum absolute atomic E-state index is 13.7. The highest BCUT2D eigenvalue weighted by molar-refractivity contribution is 7.89. The van der Waals surface area contributed by atoms with E-state index in [1.165, 1.54) is 29.3 Å². The number of sulfonamides is 1. The second-order valence-electron chi connectivity index (χ2n) is 12.1. The lowest BCUT2D eigenvalue weighted by Gasteiger charge is -2.46. The van der Waals surface area contributed by atoms with E-state index < -0.39 is 33.7 Å². The Labute approximate surface area is 257 Å². The van der Waals surface area contributed by atoms with Gasteiger partial charge in [0.25, 0.3) is 6.43 Å². The monoisotopic (exact) mass is 655 g/mol. The summed E-state index contributed by atoms with van der Waals surface area (Å²) in [4.78, 5) is 25.7. The number of nitrogens with one attached hydrogen (secondary N) is 1. The van der Waals surface area contributed by atoms with E-state index in [9.17, 15) is 26.4 Å². The Morgan fingerprint density at radius 1 is 1.20 bits per heavy atom. The number of likely N-dealkylation sites (N-methyl/N-ethyl adjacent to an activating group) is 1. The number of pyridine rings is 1. The molecule has 6 rings (SSSR count). The van der Waals surface area contributed by atoms with E-state index in [1.807, 2.05) is 30.7 Å². The minimum atomic E-state index is -4.17. The van der Waals surface area contributed by atoms with Crippen LogP contribution in [0.25, 0.3) is 16.3 Å². The van der Waals surface area contributed by atoms with Crippen molar-refractivity contribution in [3.05, 3.63) is 23.5 Å². The number of alkyl halides is 3. The SMILES string of the molecule is C[C@H]1CN(c2cc(S(=O)(=O)NC3(CF)CC3)cn3c(-c4nnc(C(F)F)s4)ncc23)C[C@H](C)N1C(=O)N(C)CCN1CCC1. The fourth-order valence-electron chi connectivity index (χ4n) is 5.87. The van der Waals surface area contributed by atoms with Crippen LogP contribution in [-0.4, -0.2) is 119 Å². The molecule has 0 unspecified atom stereocenters. The fourth-order valence-corrected chi connectivity index (χ4v) is 8.02. The van der Waals surface area contributed by atoms with E-state index in [2.05, 4.69) is 24.8 Å². The summed E-state index contributed by atoms with van der Waals surface area (Å²) >= 11 is 0.674. The number of amides is 2. The van der Waals surface area contributed by atoms with Crippen LogP contribution in [0.3, 0.4) is 0 Å². The van der Waals surface area contributed by atoms with Crippen LogP contribution in [0.2, 0.25) is 0 Å². The summed E-state index contributed by atoms with van der Waals surface area (Å²) in [6, 6.07) is 1.04. The van der Waals surface area contributed by atoms with Crippen molar-refractivity contribution in [3.8, 4) is 10.8 Å². The van der Waals surface area contributed by atoms with E-state index in [4.69, 9.17) is 0 Å². The average molecular weight is 656 g/mol. The van der Waals surface area contributed by atoms with Crippen LogP contribution in [0.15, 0.2) is 23.4 Å². The van der Waals surface area contributed by atoms with Crippen molar-refractivity contribution in [2.45, 2.75) is 62.1 Å². The molecular formula is C27H36F3N9O3S2. The number of fused-ring (bicyclic) bond motifs is 1. The molecule has 12 nitrogen and oxygen atoms in total. The van der Waals surface area contributed by atoms with Crippen LogP contribution < -0.4 is 9.62 Å². The first-order valence-corrected chi connectivity index (χ1v) is 16.9. The summed E-state index contributed by atoms with van der Waals surface area (Å²) in [5.74, 6) is 0.160. The zero-order valence-corrected chi connectivity index (χ0v) is 26.4. The molecule has 2 atom stereocenters. The molecular weight excluding hydrogens is 619 g/mol. The summed E-state index contributed by atoms with van der Waals surface area (Å²) in [5.41, 5.74) is -0.0502. The molecule has 2 amide bonds. The van der Waals surface area contributed by atoms with Crippen LogP contribution >= 0.6 is 11.3 Å². The first-order chi connectivity index (χ1) is 20.9. The van der Waals surface area contributed by atoms with Crippen LogP contribution in [0.5, 0.6) is 0 Å². The number of imidazole rings is 1. The molecule has 5 heterocycles. The van der Waals surface area contributed by atoms with Gasteiger partial charge >= 0.3 is 6.03 Å². The molecule has 44 heavy (non-hydrogen) atoms. The van der Waals surface area contributed by atoms with Gasteiger partial charge in [-0.25, -0.2) is 36.1 Å². The van der Waals surface area contributed by atoms with E-state index >= 15 is 0 Å². The van der Waals surface area contributed by atoms with Gasteiger partial charge in [-0.3, -0.25) is 4.40 Å². The zero-order valence-electron chi connectivity index (χ0n) is 24.8. The minimum Gasteiger partial charge on any atom is -0.366 e. The first kappa shape index (κ1) is 31.0. The Hall–Kier alpha value is -3.02. The molecule has 1 aliphatic carbocycles. The third kappa shape index (κ3) is 5.86. The van der Waals surface area contributed by atoms with Crippen molar-refractivity contribution in [2.24, 2.45) is 0 Å². The number of urea groups is 1. The Kier molecular flexibility index (Phi) is 8.26. The highest BCUT2D eigenvalue weighted by Gasteiger charge is 2.46. The average Bonchev–Trinajstić information content (AvgIpc) is 3.33. The molecule has 2 aliphatic heterocycles. The molecule has 3 aromatic rings. The number of hydrogen-bond acceptors (Lipinski definition) is 9. The Balaban J connectivity index is 1.33. The highest BCUT2D eigenvalue weighted by Crippen LogP contribution is 2.39. The molecule has 3 fully saturated rings. The van der Waals surface area contributed by atoms with Crippen molar-refractivity contribution in [2.75, 3.05) is 57.9 Å². The predicted octanol–water partition coefficient (Wildman–Crippen LogP) is 3.23. The number of aromatic nitrogens is 4. The number of hydrogen-bond donors (Lipinski definition) is 1. The summed E-state index contributed by atoms with van der Waals surface area (Å²) in [7, 11) is -2.36. The van der Waals surface area contributed by atoms with E-state index in [1.54, 1.807) is 4.90 Å². The number of nitrogens with zero attached hydrogens (tertiary/aromatic N) is 8. The van der Waals surface area contributed by atoms with Crippen molar-refractivity contribution >= 4 is 38.6 Å². The van der Waals surface area contributed by atoms with E-state index in [0.717, 1.165) is 19.6 Å². The van der Waals surface area contributed by atoms with Gasteiger partial charge in [-0.05, 0) is 52.3 Å². The molecule has 0 spiro atoms. The van der Waals surface area contributed by atoms with Gasteiger partial charge in [0.15, 0.2) is 15.8 Å². The number of piperazine rings is 1. The molecule has 0 aromatic carbocycles. The molecule has 3 aliphatic rings. The third-order valence-corrected chi connectivity index (χ3v) is 11.2. The number of carbonyl (C=O) groups excluding carboxylic acids is 1. The lowest BCUT2D eigenvalue weighted by atomic mass is 10.1. The van der Waals surface area contributed by atoms with Gasteiger partial charge in [0.05, 0.1) is 22.9 Å². The Morgan fingerprint density at radius 3 is 2.48 bits per heavy atom. The number of rotatable bonds is 10. The predicted molar refractivity (Wildman–Crippen MR) is 159 cm³/mol. The minimum absolute atomic E-state index is 0.0606. The number of anilines is 1. The Morgan fingerprint density at radius 2 is 1.91 bits per heavy atom. The normalized spacial score (nSPS) is 22.1. The number of carbonyl (C=O) groups is 1. The topological polar surface area (TPSA) is 119 Å². The molecule has 3 aromatic heterocycles. The Bertz CT molecular complexity index is 1630. The summed E-state index contributed by atoms with van der Waals surface area (Å²) < 4.78 is 71.4. The van der Waals surface area contributed by atoms with Crippen LogP contribution in [0.4, 0.5) is 23.7 Å². The van der Waals surface area contributed by atoms with Gasteiger partial charge in [-0.1, -0.05) is 11.3 Å². The van der Waals surface area contributed by atoms with Crippen LogP contribution in [0.1, 0.15) is 44.5 Å². The number of likely N-dealkylation sites (tertiary alicyclic amines) is 1. The molecule has 1 saturated carbocycles. The van der Waals surface area contributed by atoms with Gasteiger partial charge in [0.2, 0.25) is 10.0 Å². The van der Waals surface area contributed by atoms with Crippen LogP contribution in [0, 0.1) is 0 Å². The standard InChI is InChI=1S/C27H36F3N9O3S2/c1-17-13-37(14-18(2)39(17)26(40)35(3)9-10-36-7-4-8-36)20-11-19(44(41,42)34-27(16-28)5-6-27)15-38-21(20)12-31-23(38)25-33-32-24(43-25)22(29)30/h11-12,15,17-18,22,34H,4-10,13-14,16H2,1-3H3/t17-,18-/m0/s1. The summed E-state index contributed by atoms with van der Waals surface area (Å²) in [6.07, 6.45) is 2.06. The largest absolute Gasteiger partial charge is 0.366 e. The lowest BCUT2D eigenvalue weighted by Crippen LogP contribution is -2.61. The fraction of sp³-hybridized carbons (Fsp3) is 0.630. The zero-order chi connectivity index (χ0) is 31.4. The van der Waals surface area contributed by atoms with E-state index in [0.29, 0.717) is 55.0 Å². The summed E-state index contributed by atoms with van der Waals surface area (Å²) in [5, 5.41) is 7.07. The molecule has 17 heteroatoms. The third-order valence-electron chi connectivity index (χ3n) is 8.69. The molecule has 1 N–H and O–H groups in total.